The van der Waals surface area contributed by atoms with Crippen LogP contribution in [0.1, 0.15) is 32.6 Å². The van der Waals surface area contributed by atoms with Crippen molar-refractivity contribution in [3.8, 4) is 0 Å². The van der Waals surface area contributed by atoms with E-state index in [1.807, 2.05) is 4.90 Å². The number of hydrogen-bond acceptors (Lipinski definition) is 4. The molecule has 0 aromatic heterocycles. The van der Waals surface area contributed by atoms with E-state index in [4.69, 9.17) is 4.74 Å². The number of carbonyl (C=O) groups is 2. The lowest BCUT2D eigenvalue weighted by Crippen LogP contribution is -2.44. The number of hydrogen-bond donors (Lipinski definition) is 1. The molecule has 1 fully saturated rings. The molecule has 1 amide bonds. The van der Waals surface area contributed by atoms with Gasteiger partial charge in [-0.3, -0.25) is 14.5 Å². The van der Waals surface area contributed by atoms with Gasteiger partial charge in [-0.1, -0.05) is 13.3 Å². The molecule has 1 heterocycles. The van der Waals surface area contributed by atoms with Gasteiger partial charge in [0, 0.05) is 13.6 Å². The predicted molar refractivity (Wildman–Crippen MR) is 69.1 cm³/mol. The molecule has 0 aliphatic carbocycles. The van der Waals surface area contributed by atoms with Crippen LogP contribution in [0.2, 0.25) is 0 Å². The Morgan fingerprint density at radius 2 is 2.22 bits per heavy atom. The van der Waals surface area contributed by atoms with Crippen LogP contribution in [0, 0.1) is 5.92 Å². The molecule has 0 bridgehead atoms. The predicted octanol–water partition coefficient (Wildman–Crippen LogP) is 0.788. The first kappa shape index (κ1) is 15.0. The second kappa shape index (κ2) is 8.08. The van der Waals surface area contributed by atoms with Crippen molar-refractivity contribution in [1.82, 2.24) is 10.2 Å². The third-order valence-corrected chi connectivity index (χ3v) is 3.24. The van der Waals surface area contributed by atoms with Crippen LogP contribution in [0.5, 0.6) is 0 Å². The highest BCUT2D eigenvalue weighted by molar-refractivity contribution is 5.78. The van der Waals surface area contributed by atoms with Crippen LogP contribution in [-0.2, 0) is 14.3 Å². The normalized spacial score (nSPS) is 20.4. The Balaban J connectivity index is 2.29. The van der Waals surface area contributed by atoms with Gasteiger partial charge in [0.15, 0.2) is 0 Å². The molecule has 1 N–H and O–H groups in total. The summed E-state index contributed by atoms with van der Waals surface area (Å²) < 4.78 is 5.13. The number of rotatable bonds is 6. The molecule has 0 aromatic carbocycles. The first-order chi connectivity index (χ1) is 8.67. The van der Waals surface area contributed by atoms with Crippen molar-refractivity contribution in [2.24, 2.45) is 5.92 Å². The van der Waals surface area contributed by atoms with Gasteiger partial charge in [-0.2, -0.15) is 0 Å². The van der Waals surface area contributed by atoms with Gasteiger partial charge in [-0.15, -0.1) is 0 Å². The minimum Gasteiger partial charge on any atom is -0.465 e. The van der Waals surface area contributed by atoms with E-state index in [0.717, 1.165) is 32.2 Å². The van der Waals surface area contributed by atoms with E-state index in [1.54, 1.807) is 7.05 Å². The maximum Gasteiger partial charge on any atom is 0.320 e. The van der Waals surface area contributed by atoms with E-state index in [9.17, 15) is 9.59 Å². The number of nitrogens with one attached hydrogen (secondary N) is 1. The molecule has 18 heavy (non-hydrogen) atoms. The second-order valence-electron chi connectivity index (χ2n) is 4.76. The van der Waals surface area contributed by atoms with Crippen LogP contribution in [0.25, 0.3) is 0 Å². The van der Waals surface area contributed by atoms with Crippen molar-refractivity contribution in [3.05, 3.63) is 0 Å². The maximum absolute atomic E-state index is 11.6. The fourth-order valence-electron chi connectivity index (χ4n) is 2.18. The molecular formula is C13H24N2O3. The highest BCUT2D eigenvalue weighted by atomic mass is 16.5. The van der Waals surface area contributed by atoms with Crippen molar-refractivity contribution >= 4 is 11.9 Å². The largest absolute Gasteiger partial charge is 0.465 e. The smallest absolute Gasteiger partial charge is 0.320 e. The molecule has 0 saturated carbocycles. The zero-order valence-corrected chi connectivity index (χ0v) is 11.4. The van der Waals surface area contributed by atoms with Crippen molar-refractivity contribution in [1.29, 1.82) is 0 Å². The average Bonchev–Trinajstić information content (AvgIpc) is 2.38. The molecule has 104 valence electrons. The number of nitrogens with zero attached hydrogens (tertiary/aromatic N) is 1. The van der Waals surface area contributed by atoms with Gasteiger partial charge in [0.1, 0.15) is 0 Å². The SMILES string of the molecule is CCCCOC(=O)CN1CCCC(C(=O)NC)C1. The summed E-state index contributed by atoms with van der Waals surface area (Å²) in [5.41, 5.74) is 0. The maximum atomic E-state index is 11.6. The number of ether oxygens (including phenoxy) is 1. The summed E-state index contributed by atoms with van der Waals surface area (Å²) in [6.45, 7) is 4.39. The molecule has 1 aliphatic heterocycles. The quantitative estimate of drug-likeness (QED) is 0.564. The third-order valence-electron chi connectivity index (χ3n) is 3.24. The standard InChI is InChI=1S/C13H24N2O3/c1-3-4-8-18-12(16)10-15-7-5-6-11(9-15)13(17)14-2/h11H,3-10H2,1-2H3,(H,14,17). The molecule has 5 nitrogen and oxygen atoms in total. The van der Waals surface area contributed by atoms with Crippen LogP contribution in [-0.4, -0.2) is 50.1 Å². The summed E-state index contributed by atoms with van der Waals surface area (Å²) in [6, 6.07) is 0. The van der Waals surface area contributed by atoms with E-state index in [1.165, 1.54) is 0 Å². The van der Waals surface area contributed by atoms with Crippen LogP contribution in [0.4, 0.5) is 0 Å². The fraction of sp³-hybridized carbons (Fsp3) is 0.846. The topological polar surface area (TPSA) is 58.6 Å². The molecule has 1 unspecified atom stereocenters. The zero-order chi connectivity index (χ0) is 13.4. The highest BCUT2D eigenvalue weighted by Gasteiger charge is 2.26. The van der Waals surface area contributed by atoms with Gasteiger partial charge in [0.05, 0.1) is 19.1 Å². The molecule has 1 saturated heterocycles. The van der Waals surface area contributed by atoms with Crippen LogP contribution in [0.3, 0.4) is 0 Å². The van der Waals surface area contributed by atoms with E-state index in [-0.39, 0.29) is 17.8 Å². The van der Waals surface area contributed by atoms with Crippen LogP contribution >= 0.6 is 0 Å². The number of unbranched alkanes of at least 4 members (excludes halogenated alkanes) is 1. The van der Waals surface area contributed by atoms with Crippen molar-refractivity contribution in [2.45, 2.75) is 32.6 Å². The summed E-state index contributed by atoms with van der Waals surface area (Å²) in [6.07, 6.45) is 3.80. The summed E-state index contributed by atoms with van der Waals surface area (Å²) in [7, 11) is 1.65. The Labute approximate surface area is 109 Å². The van der Waals surface area contributed by atoms with E-state index in [2.05, 4.69) is 12.2 Å². The van der Waals surface area contributed by atoms with E-state index in [0.29, 0.717) is 19.7 Å². The first-order valence-electron chi connectivity index (χ1n) is 6.77. The number of likely N-dealkylation sites (tertiary alicyclic amines) is 1. The molecule has 0 aromatic rings. The molecular weight excluding hydrogens is 232 g/mol. The number of piperidine rings is 1. The summed E-state index contributed by atoms with van der Waals surface area (Å²) in [5, 5.41) is 2.67. The Morgan fingerprint density at radius 3 is 2.89 bits per heavy atom. The summed E-state index contributed by atoms with van der Waals surface area (Å²) in [5.74, 6) is -0.104. The molecule has 1 rings (SSSR count). The van der Waals surface area contributed by atoms with E-state index < -0.39 is 0 Å². The van der Waals surface area contributed by atoms with Gasteiger partial charge >= 0.3 is 5.97 Å². The van der Waals surface area contributed by atoms with Crippen LogP contribution in [0.15, 0.2) is 0 Å². The highest BCUT2D eigenvalue weighted by Crippen LogP contribution is 2.16. The van der Waals surface area contributed by atoms with Crippen molar-refractivity contribution < 1.29 is 14.3 Å². The molecule has 1 atom stereocenters. The summed E-state index contributed by atoms with van der Waals surface area (Å²) >= 11 is 0. The average molecular weight is 256 g/mol. The Kier molecular flexibility index (Phi) is 6.72. The number of amides is 1. The van der Waals surface area contributed by atoms with Crippen LogP contribution < -0.4 is 5.32 Å². The van der Waals surface area contributed by atoms with Gasteiger partial charge < -0.3 is 10.1 Å². The van der Waals surface area contributed by atoms with Crippen molar-refractivity contribution in [3.63, 3.8) is 0 Å². The lowest BCUT2D eigenvalue weighted by molar-refractivity contribution is -0.146. The Hall–Kier alpha value is -1.10. The number of esters is 1. The Morgan fingerprint density at radius 1 is 1.44 bits per heavy atom. The Bertz CT molecular complexity index is 281. The lowest BCUT2D eigenvalue weighted by Gasteiger charge is -2.30. The van der Waals surface area contributed by atoms with Gasteiger partial charge in [0.25, 0.3) is 0 Å². The molecule has 1 aliphatic rings. The fourth-order valence-corrected chi connectivity index (χ4v) is 2.18. The molecule has 0 spiro atoms. The minimum atomic E-state index is -0.180. The summed E-state index contributed by atoms with van der Waals surface area (Å²) in [4.78, 5) is 25.1. The zero-order valence-electron chi connectivity index (χ0n) is 11.4. The lowest BCUT2D eigenvalue weighted by atomic mass is 9.97. The van der Waals surface area contributed by atoms with Gasteiger partial charge in [-0.05, 0) is 25.8 Å². The monoisotopic (exact) mass is 256 g/mol. The molecule has 0 radical (unpaired) electrons. The van der Waals surface area contributed by atoms with Crippen molar-refractivity contribution in [2.75, 3.05) is 33.3 Å². The molecule has 5 heteroatoms. The number of carbonyl (C=O) groups excluding carboxylic acids is 2. The van der Waals surface area contributed by atoms with E-state index >= 15 is 0 Å². The first-order valence-corrected chi connectivity index (χ1v) is 6.77. The third kappa shape index (κ3) is 5.04. The second-order valence-corrected chi connectivity index (χ2v) is 4.76. The van der Waals surface area contributed by atoms with Gasteiger partial charge in [0.2, 0.25) is 5.91 Å². The van der Waals surface area contributed by atoms with Gasteiger partial charge in [-0.25, -0.2) is 0 Å². The minimum absolute atomic E-state index is 0.00666.